The molecule has 0 aliphatic rings. The summed E-state index contributed by atoms with van der Waals surface area (Å²) in [5.41, 5.74) is 1.87. The van der Waals surface area contributed by atoms with Gasteiger partial charge in [-0.05, 0) is 42.8 Å². The predicted octanol–water partition coefficient (Wildman–Crippen LogP) is 4.58. The Morgan fingerprint density at radius 1 is 0.852 bits per heavy atom. The van der Waals surface area contributed by atoms with Crippen LogP contribution in [0.5, 0.6) is 11.5 Å². The van der Waals surface area contributed by atoms with Crippen LogP contribution in [0.3, 0.4) is 0 Å². The van der Waals surface area contributed by atoms with Gasteiger partial charge in [-0.15, -0.1) is 0 Å². The highest BCUT2D eigenvalue weighted by molar-refractivity contribution is 5.97. The Kier molecular flexibility index (Phi) is 5.84. The molecule has 0 spiro atoms. The average molecular weight is 361 g/mol. The van der Waals surface area contributed by atoms with Crippen LogP contribution in [-0.2, 0) is 9.53 Å². The predicted molar refractivity (Wildman–Crippen MR) is 103 cm³/mol. The molecule has 5 nitrogen and oxygen atoms in total. The molecule has 1 N–H and O–H groups in total. The molecule has 0 aliphatic carbocycles. The number of hydrogen-bond donors (Lipinski definition) is 1. The van der Waals surface area contributed by atoms with Crippen molar-refractivity contribution < 1.29 is 19.1 Å². The lowest BCUT2D eigenvalue weighted by molar-refractivity contribution is -0.119. The van der Waals surface area contributed by atoms with Crippen LogP contribution in [0.25, 0.3) is 0 Å². The molecule has 0 radical (unpaired) electrons. The third-order valence-electron chi connectivity index (χ3n) is 3.83. The lowest BCUT2D eigenvalue weighted by Gasteiger charge is -2.11. The molecular weight excluding hydrogens is 342 g/mol. The van der Waals surface area contributed by atoms with Gasteiger partial charge in [0.05, 0.1) is 0 Å². The first kappa shape index (κ1) is 18.2. The quantitative estimate of drug-likeness (QED) is 0.653. The first-order valence-corrected chi connectivity index (χ1v) is 8.48. The second kappa shape index (κ2) is 8.67. The van der Waals surface area contributed by atoms with Crippen LogP contribution in [0.15, 0.2) is 78.9 Å². The standard InChI is InChI=1S/C22H19NO4/c1-16-9-5-7-13-19(16)23-21(24)15-26-22(25)18-12-6-8-14-20(18)27-17-10-3-2-4-11-17/h2-14H,15H2,1H3,(H,23,24). The van der Waals surface area contributed by atoms with E-state index in [2.05, 4.69) is 5.32 Å². The van der Waals surface area contributed by atoms with E-state index in [1.165, 1.54) is 0 Å². The summed E-state index contributed by atoms with van der Waals surface area (Å²) in [6, 6.07) is 23.3. The molecule has 3 rings (SSSR count). The summed E-state index contributed by atoms with van der Waals surface area (Å²) in [6.07, 6.45) is 0. The normalized spacial score (nSPS) is 10.1. The lowest BCUT2D eigenvalue weighted by atomic mass is 10.2. The molecular formula is C22H19NO4. The van der Waals surface area contributed by atoms with E-state index < -0.39 is 11.9 Å². The van der Waals surface area contributed by atoms with Gasteiger partial charge in [0.25, 0.3) is 5.91 Å². The van der Waals surface area contributed by atoms with Gasteiger partial charge < -0.3 is 14.8 Å². The van der Waals surface area contributed by atoms with Crippen molar-refractivity contribution in [2.24, 2.45) is 0 Å². The molecule has 27 heavy (non-hydrogen) atoms. The fourth-order valence-corrected chi connectivity index (χ4v) is 2.45. The van der Waals surface area contributed by atoms with E-state index in [1.807, 2.05) is 43.3 Å². The van der Waals surface area contributed by atoms with Crippen LogP contribution < -0.4 is 10.1 Å². The van der Waals surface area contributed by atoms with Crippen LogP contribution in [0.2, 0.25) is 0 Å². The molecule has 1 amide bonds. The van der Waals surface area contributed by atoms with Crippen LogP contribution >= 0.6 is 0 Å². The third kappa shape index (κ3) is 4.95. The van der Waals surface area contributed by atoms with Crippen LogP contribution in [0, 0.1) is 6.92 Å². The molecule has 0 saturated heterocycles. The lowest BCUT2D eigenvalue weighted by Crippen LogP contribution is -2.21. The molecule has 3 aromatic rings. The summed E-state index contributed by atoms with van der Waals surface area (Å²) in [7, 11) is 0. The highest BCUT2D eigenvalue weighted by Gasteiger charge is 2.16. The first-order valence-electron chi connectivity index (χ1n) is 8.48. The maximum atomic E-state index is 12.4. The van der Waals surface area contributed by atoms with Crippen molar-refractivity contribution in [2.75, 3.05) is 11.9 Å². The molecule has 0 aliphatic heterocycles. The van der Waals surface area contributed by atoms with E-state index in [-0.39, 0.29) is 12.2 Å². The Balaban J connectivity index is 1.63. The van der Waals surface area contributed by atoms with Gasteiger partial charge in [0.15, 0.2) is 6.61 Å². The topological polar surface area (TPSA) is 64.6 Å². The molecule has 0 saturated carbocycles. The highest BCUT2D eigenvalue weighted by Crippen LogP contribution is 2.25. The summed E-state index contributed by atoms with van der Waals surface area (Å²) in [5.74, 6) is -0.0522. The zero-order valence-corrected chi connectivity index (χ0v) is 14.8. The molecule has 0 heterocycles. The summed E-state index contributed by atoms with van der Waals surface area (Å²) in [5, 5.41) is 2.72. The van der Waals surface area contributed by atoms with E-state index >= 15 is 0 Å². The zero-order chi connectivity index (χ0) is 19.1. The Labute approximate surface area is 157 Å². The summed E-state index contributed by atoms with van der Waals surface area (Å²) in [6.45, 7) is 1.51. The second-order valence-corrected chi connectivity index (χ2v) is 5.85. The summed E-state index contributed by atoms with van der Waals surface area (Å²) in [4.78, 5) is 24.5. The molecule has 5 heteroatoms. The number of aryl methyl sites for hydroxylation is 1. The number of amides is 1. The average Bonchev–Trinajstić information content (AvgIpc) is 2.69. The Bertz CT molecular complexity index is 938. The minimum Gasteiger partial charge on any atom is -0.456 e. The molecule has 0 unspecified atom stereocenters. The van der Waals surface area contributed by atoms with E-state index in [0.29, 0.717) is 17.2 Å². The molecule has 136 valence electrons. The van der Waals surface area contributed by atoms with E-state index in [0.717, 1.165) is 5.56 Å². The maximum Gasteiger partial charge on any atom is 0.342 e. The second-order valence-electron chi connectivity index (χ2n) is 5.85. The van der Waals surface area contributed by atoms with Crippen molar-refractivity contribution in [1.82, 2.24) is 0 Å². The molecule has 0 bridgehead atoms. The van der Waals surface area contributed by atoms with Gasteiger partial charge in [-0.2, -0.15) is 0 Å². The van der Waals surface area contributed by atoms with Crippen LogP contribution in [0.4, 0.5) is 5.69 Å². The number of ether oxygens (including phenoxy) is 2. The fraction of sp³-hybridized carbons (Fsp3) is 0.0909. The number of rotatable bonds is 6. The first-order chi connectivity index (χ1) is 13.1. The van der Waals surface area contributed by atoms with Gasteiger partial charge in [0, 0.05) is 5.69 Å². The van der Waals surface area contributed by atoms with Crippen molar-refractivity contribution in [3.8, 4) is 11.5 Å². The monoisotopic (exact) mass is 361 g/mol. The number of nitrogens with one attached hydrogen (secondary N) is 1. The van der Waals surface area contributed by atoms with Crippen LogP contribution in [0.1, 0.15) is 15.9 Å². The number of para-hydroxylation sites is 3. The Hall–Kier alpha value is -3.60. The minimum atomic E-state index is -0.624. The minimum absolute atomic E-state index is 0.255. The van der Waals surface area contributed by atoms with Crippen molar-refractivity contribution >= 4 is 17.6 Å². The van der Waals surface area contributed by atoms with Crippen molar-refractivity contribution in [3.63, 3.8) is 0 Å². The van der Waals surface area contributed by atoms with Crippen molar-refractivity contribution in [2.45, 2.75) is 6.92 Å². The molecule has 0 atom stereocenters. The number of carbonyl (C=O) groups excluding carboxylic acids is 2. The van der Waals surface area contributed by atoms with Crippen LogP contribution in [-0.4, -0.2) is 18.5 Å². The van der Waals surface area contributed by atoms with Gasteiger partial charge in [-0.25, -0.2) is 4.79 Å². The number of esters is 1. The largest absolute Gasteiger partial charge is 0.456 e. The third-order valence-corrected chi connectivity index (χ3v) is 3.83. The molecule has 0 fully saturated rings. The summed E-state index contributed by atoms with van der Waals surface area (Å²) < 4.78 is 10.9. The van der Waals surface area contributed by atoms with Crippen molar-refractivity contribution in [1.29, 1.82) is 0 Å². The number of anilines is 1. The van der Waals surface area contributed by atoms with Gasteiger partial charge >= 0.3 is 5.97 Å². The van der Waals surface area contributed by atoms with E-state index in [9.17, 15) is 9.59 Å². The Morgan fingerprint density at radius 3 is 2.30 bits per heavy atom. The summed E-state index contributed by atoms with van der Waals surface area (Å²) >= 11 is 0. The van der Waals surface area contributed by atoms with Gasteiger partial charge in [-0.1, -0.05) is 48.5 Å². The van der Waals surface area contributed by atoms with Gasteiger partial charge in [0.2, 0.25) is 0 Å². The molecule has 3 aromatic carbocycles. The van der Waals surface area contributed by atoms with E-state index in [1.54, 1.807) is 42.5 Å². The fourth-order valence-electron chi connectivity index (χ4n) is 2.45. The zero-order valence-electron chi connectivity index (χ0n) is 14.8. The van der Waals surface area contributed by atoms with Gasteiger partial charge in [-0.3, -0.25) is 4.79 Å². The smallest absolute Gasteiger partial charge is 0.342 e. The highest BCUT2D eigenvalue weighted by atomic mass is 16.5. The number of carbonyl (C=O) groups is 2. The van der Waals surface area contributed by atoms with E-state index in [4.69, 9.17) is 9.47 Å². The Morgan fingerprint density at radius 2 is 1.52 bits per heavy atom. The molecule has 0 aromatic heterocycles. The number of benzene rings is 3. The SMILES string of the molecule is Cc1ccccc1NC(=O)COC(=O)c1ccccc1Oc1ccccc1. The maximum absolute atomic E-state index is 12.4. The number of hydrogen-bond acceptors (Lipinski definition) is 4. The van der Waals surface area contributed by atoms with Gasteiger partial charge in [0.1, 0.15) is 17.1 Å². The van der Waals surface area contributed by atoms with Crippen molar-refractivity contribution in [3.05, 3.63) is 90.0 Å².